The van der Waals surface area contributed by atoms with Crippen molar-refractivity contribution in [3.8, 4) is 10.4 Å². The molecule has 1 aliphatic rings. The van der Waals surface area contributed by atoms with Gasteiger partial charge in [0.1, 0.15) is 6.04 Å². The number of amides is 1. The quantitative estimate of drug-likeness (QED) is 0.258. The Balaban J connectivity index is 1.50. The van der Waals surface area contributed by atoms with Gasteiger partial charge < -0.3 is 0 Å². The number of hydroxylamine groups is 1. The second-order valence-corrected chi connectivity index (χ2v) is 10.9. The van der Waals surface area contributed by atoms with Crippen LogP contribution in [0.3, 0.4) is 0 Å². The number of carbonyl (C=O) groups excluding carboxylic acids is 1. The largest absolute Gasteiger partial charge is 0.416 e. The van der Waals surface area contributed by atoms with Gasteiger partial charge in [-0.25, -0.2) is 13.9 Å². The van der Waals surface area contributed by atoms with Crippen molar-refractivity contribution in [2.75, 3.05) is 0 Å². The molecular formula is C24H21F3N2O4S2. The Morgan fingerprint density at radius 2 is 1.69 bits per heavy atom. The topological polar surface area (TPSA) is 86.7 Å². The lowest BCUT2D eigenvalue weighted by Crippen LogP contribution is -2.45. The second-order valence-electron chi connectivity index (χ2n) is 7.92. The van der Waals surface area contributed by atoms with Crippen molar-refractivity contribution >= 4 is 39.4 Å². The molecule has 2 N–H and O–H groups in total. The van der Waals surface area contributed by atoms with Gasteiger partial charge in [0.05, 0.1) is 17.0 Å². The van der Waals surface area contributed by atoms with Gasteiger partial charge in [-0.05, 0) is 41.3 Å². The van der Waals surface area contributed by atoms with Crippen molar-refractivity contribution in [1.82, 2.24) is 9.79 Å². The van der Waals surface area contributed by atoms with Gasteiger partial charge >= 0.3 is 6.18 Å². The molecule has 184 valence electrons. The predicted molar refractivity (Wildman–Crippen MR) is 127 cm³/mol. The third-order valence-corrected chi connectivity index (χ3v) is 8.92. The van der Waals surface area contributed by atoms with Gasteiger partial charge in [0.15, 0.2) is 0 Å². The van der Waals surface area contributed by atoms with E-state index in [9.17, 15) is 26.4 Å². The van der Waals surface area contributed by atoms with Gasteiger partial charge in [0.2, 0.25) is 10.0 Å². The van der Waals surface area contributed by atoms with E-state index in [2.05, 4.69) is 0 Å². The number of carbonyl (C=O) groups is 1. The lowest BCUT2D eigenvalue weighted by atomic mass is 10.1. The molecule has 0 saturated carbocycles. The van der Waals surface area contributed by atoms with E-state index in [1.165, 1.54) is 28.9 Å². The Hall–Kier alpha value is -2.99. The van der Waals surface area contributed by atoms with Crippen LogP contribution in [0.1, 0.15) is 34.9 Å². The van der Waals surface area contributed by atoms with E-state index in [1.807, 2.05) is 24.3 Å². The summed E-state index contributed by atoms with van der Waals surface area (Å²) in [4.78, 5) is 13.4. The third kappa shape index (κ3) is 5.03. The Labute approximate surface area is 204 Å². The molecule has 11 heteroatoms. The normalized spacial score (nSPS) is 16.4. The highest BCUT2D eigenvalue weighted by molar-refractivity contribution is 7.89. The maximum absolute atomic E-state index is 13.0. The smallest absolute Gasteiger partial charge is 0.289 e. The maximum atomic E-state index is 13.0. The molecule has 2 aromatic carbocycles. The summed E-state index contributed by atoms with van der Waals surface area (Å²) >= 11 is 1.32. The van der Waals surface area contributed by atoms with E-state index < -0.39 is 33.7 Å². The Bertz CT molecular complexity index is 1360. The molecule has 2 heterocycles. The summed E-state index contributed by atoms with van der Waals surface area (Å²) in [6.07, 6.45) is -0.665. The highest BCUT2D eigenvalue weighted by Crippen LogP contribution is 2.42. The molecule has 6 nitrogen and oxygen atoms in total. The van der Waals surface area contributed by atoms with Crippen LogP contribution < -0.4 is 5.48 Å². The standard InChI is InChI=1S/C24H21F3N2O4S2/c1-2-19(23(30)28-31)29-14-21-22(35(29,32)33)13-20(34-21)17-9-5-15(6-10-17)3-4-16-7-11-18(12-8-16)24(25,26)27/h3-13,19,31H,2,14H2,1H3,(H,28,30). The SMILES string of the molecule is CCC(C(=O)NO)N1Cc2sc(-c3ccc(C=Cc4ccc(C(F)(F)F)cc4)cc3)cc2S1(=O)=O. The fourth-order valence-corrected chi connectivity index (χ4v) is 7.25. The number of hydrogen-bond donors (Lipinski definition) is 2. The molecule has 0 aliphatic carbocycles. The lowest BCUT2D eigenvalue weighted by molar-refractivity contribution is -0.137. The van der Waals surface area contributed by atoms with Gasteiger partial charge in [-0.1, -0.05) is 55.5 Å². The monoisotopic (exact) mass is 522 g/mol. The van der Waals surface area contributed by atoms with Crippen LogP contribution in [0.25, 0.3) is 22.6 Å². The van der Waals surface area contributed by atoms with Crippen molar-refractivity contribution in [3.63, 3.8) is 0 Å². The number of sulfonamides is 1. The number of thiophene rings is 1. The molecule has 4 rings (SSSR count). The number of benzene rings is 2. The van der Waals surface area contributed by atoms with Gasteiger partial charge in [-0.3, -0.25) is 10.0 Å². The summed E-state index contributed by atoms with van der Waals surface area (Å²) in [6, 6.07) is 12.8. The number of rotatable bonds is 6. The Morgan fingerprint density at radius 3 is 2.17 bits per heavy atom. The molecule has 0 radical (unpaired) electrons. The number of hydrogen-bond acceptors (Lipinski definition) is 5. The zero-order chi connectivity index (χ0) is 25.4. The Morgan fingerprint density at radius 1 is 1.11 bits per heavy atom. The van der Waals surface area contributed by atoms with Crippen LogP contribution in [0.2, 0.25) is 0 Å². The maximum Gasteiger partial charge on any atom is 0.416 e. The summed E-state index contributed by atoms with van der Waals surface area (Å²) < 4.78 is 65.1. The molecule has 0 bridgehead atoms. The van der Waals surface area contributed by atoms with Crippen LogP contribution in [-0.4, -0.2) is 29.9 Å². The molecule has 35 heavy (non-hydrogen) atoms. The van der Waals surface area contributed by atoms with Crippen LogP contribution in [0, 0.1) is 0 Å². The molecule has 1 amide bonds. The minimum atomic E-state index is -4.37. The molecule has 0 spiro atoms. The molecule has 1 aromatic heterocycles. The van der Waals surface area contributed by atoms with E-state index in [-0.39, 0.29) is 17.9 Å². The first kappa shape index (κ1) is 25.1. The van der Waals surface area contributed by atoms with Crippen LogP contribution >= 0.6 is 11.3 Å². The predicted octanol–water partition coefficient (Wildman–Crippen LogP) is 5.39. The van der Waals surface area contributed by atoms with Crippen LogP contribution in [0.5, 0.6) is 0 Å². The zero-order valence-electron chi connectivity index (χ0n) is 18.4. The summed E-state index contributed by atoms with van der Waals surface area (Å²) in [6.45, 7) is 1.73. The average Bonchev–Trinajstić information content (AvgIpc) is 3.36. The summed E-state index contributed by atoms with van der Waals surface area (Å²) in [7, 11) is -3.87. The minimum Gasteiger partial charge on any atom is -0.289 e. The van der Waals surface area contributed by atoms with Gasteiger partial charge in [0, 0.05) is 9.75 Å². The molecule has 1 atom stereocenters. The summed E-state index contributed by atoms with van der Waals surface area (Å²) in [5.41, 5.74) is 3.11. The summed E-state index contributed by atoms with van der Waals surface area (Å²) in [5, 5.41) is 8.93. The van der Waals surface area contributed by atoms with Crippen molar-refractivity contribution in [2.24, 2.45) is 0 Å². The van der Waals surface area contributed by atoms with Crippen LogP contribution in [0.15, 0.2) is 59.5 Å². The average molecular weight is 523 g/mol. The van der Waals surface area contributed by atoms with E-state index in [4.69, 9.17) is 5.21 Å². The molecule has 1 aliphatic heterocycles. The molecular weight excluding hydrogens is 501 g/mol. The minimum absolute atomic E-state index is 0.0577. The number of fused-ring (bicyclic) bond motifs is 1. The summed E-state index contributed by atoms with van der Waals surface area (Å²) in [5.74, 6) is -0.772. The fraction of sp³-hybridized carbons (Fsp3) is 0.208. The van der Waals surface area contributed by atoms with Crippen LogP contribution in [-0.2, 0) is 27.5 Å². The van der Waals surface area contributed by atoms with Gasteiger partial charge in [-0.15, -0.1) is 11.3 Å². The number of halogens is 3. The number of alkyl halides is 3. The van der Waals surface area contributed by atoms with Crippen molar-refractivity contribution < 1.29 is 31.6 Å². The van der Waals surface area contributed by atoms with Crippen molar-refractivity contribution in [3.05, 3.63) is 76.2 Å². The molecule has 0 fully saturated rings. The fourth-order valence-electron chi connectivity index (χ4n) is 3.84. The van der Waals surface area contributed by atoms with E-state index >= 15 is 0 Å². The van der Waals surface area contributed by atoms with Crippen molar-refractivity contribution in [2.45, 2.75) is 37.0 Å². The Kier molecular flexibility index (Phi) is 6.87. The van der Waals surface area contributed by atoms with E-state index in [1.54, 1.807) is 25.1 Å². The van der Waals surface area contributed by atoms with Crippen molar-refractivity contribution in [1.29, 1.82) is 0 Å². The van der Waals surface area contributed by atoms with Gasteiger partial charge in [-0.2, -0.15) is 17.5 Å². The first-order valence-corrected chi connectivity index (χ1v) is 12.8. The first-order valence-electron chi connectivity index (χ1n) is 10.6. The van der Waals surface area contributed by atoms with E-state index in [0.29, 0.717) is 10.4 Å². The molecule has 1 unspecified atom stereocenters. The highest BCUT2D eigenvalue weighted by Gasteiger charge is 2.43. The number of nitrogens with zero attached hydrogens (tertiary/aromatic N) is 1. The van der Waals surface area contributed by atoms with Crippen LogP contribution in [0.4, 0.5) is 13.2 Å². The lowest BCUT2D eigenvalue weighted by Gasteiger charge is -2.23. The molecule has 0 saturated heterocycles. The van der Waals surface area contributed by atoms with Gasteiger partial charge in [0.25, 0.3) is 5.91 Å². The third-order valence-electron chi connectivity index (χ3n) is 5.70. The highest BCUT2D eigenvalue weighted by atomic mass is 32.2. The number of nitrogens with one attached hydrogen (secondary N) is 1. The second kappa shape index (κ2) is 9.57. The molecule has 3 aromatic rings. The zero-order valence-corrected chi connectivity index (χ0v) is 20.0. The van der Waals surface area contributed by atoms with E-state index in [0.717, 1.165) is 32.4 Å². The first-order chi connectivity index (χ1) is 16.5.